The number of pyridine rings is 1. The molecular formula is C23H24N6O2. The molecule has 0 bridgehead atoms. The second-order valence-electron chi connectivity index (χ2n) is 7.85. The molecule has 0 unspecified atom stereocenters. The number of nitrogens with two attached hydrogens (primary N) is 1. The van der Waals surface area contributed by atoms with Crippen molar-refractivity contribution < 1.29 is 5.11 Å². The van der Waals surface area contributed by atoms with E-state index < -0.39 is 6.10 Å². The molecule has 0 saturated carbocycles. The van der Waals surface area contributed by atoms with E-state index >= 15 is 0 Å². The van der Waals surface area contributed by atoms with E-state index in [0.29, 0.717) is 23.3 Å². The molecule has 0 radical (unpaired) electrons. The van der Waals surface area contributed by atoms with E-state index in [9.17, 15) is 9.90 Å². The van der Waals surface area contributed by atoms with Gasteiger partial charge >= 0.3 is 0 Å². The first-order chi connectivity index (χ1) is 14.8. The van der Waals surface area contributed by atoms with Crippen LogP contribution in [0.25, 0.3) is 21.8 Å². The van der Waals surface area contributed by atoms with Gasteiger partial charge in [-0.15, -0.1) is 0 Å². The molecule has 1 atom stereocenters. The first-order valence-electron chi connectivity index (χ1n) is 10.1. The van der Waals surface area contributed by atoms with E-state index in [4.69, 9.17) is 5.73 Å². The number of nitrogens with zero attached hydrogens (tertiary/aromatic N) is 5. The van der Waals surface area contributed by atoms with Crippen LogP contribution >= 0.6 is 0 Å². The molecule has 158 valence electrons. The normalized spacial score (nSPS) is 12.3. The summed E-state index contributed by atoms with van der Waals surface area (Å²) in [4.78, 5) is 21.7. The fourth-order valence-corrected chi connectivity index (χ4v) is 3.85. The van der Waals surface area contributed by atoms with E-state index in [-0.39, 0.29) is 17.4 Å². The number of benzene rings is 1. The van der Waals surface area contributed by atoms with Crippen molar-refractivity contribution in [1.82, 2.24) is 24.3 Å². The fourth-order valence-electron chi connectivity index (χ4n) is 3.85. The van der Waals surface area contributed by atoms with Gasteiger partial charge in [-0.3, -0.25) is 4.79 Å². The Hall–Kier alpha value is -3.70. The largest absolute Gasteiger partial charge is 0.383 e. The van der Waals surface area contributed by atoms with Crippen molar-refractivity contribution in [3.8, 4) is 11.8 Å². The maximum absolute atomic E-state index is 13.3. The van der Waals surface area contributed by atoms with E-state index in [0.717, 1.165) is 22.0 Å². The summed E-state index contributed by atoms with van der Waals surface area (Å²) < 4.78 is 3.46. The maximum atomic E-state index is 13.3. The number of hydrogen-bond acceptors (Lipinski definition) is 6. The molecule has 8 nitrogen and oxygen atoms in total. The van der Waals surface area contributed by atoms with Crippen molar-refractivity contribution in [2.45, 2.75) is 46.4 Å². The number of rotatable bonds is 3. The molecule has 0 saturated heterocycles. The van der Waals surface area contributed by atoms with Gasteiger partial charge in [0.05, 0.1) is 17.3 Å². The molecule has 0 aliphatic heterocycles. The Morgan fingerprint density at radius 3 is 2.68 bits per heavy atom. The Kier molecular flexibility index (Phi) is 5.21. The topological polar surface area (TPSA) is 112 Å². The summed E-state index contributed by atoms with van der Waals surface area (Å²) in [5.41, 5.74) is 8.71. The molecule has 3 aromatic heterocycles. The summed E-state index contributed by atoms with van der Waals surface area (Å²) in [5, 5.41) is 16.3. The monoisotopic (exact) mass is 416 g/mol. The lowest BCUT2D eigenvalue weighted by atomic mass is 10.1. The van der Waals surface area contributed by atoms with Crippen molar-refractivity contribution in [3.05, 3.63) is 57.9 Å². The lowest BCUT2D eigenvalue weighted by Crippen LogP contribution is -2.27. The number of aryl methyl sites for hydroxylation is 1. The van der Waals surface area contributed by atoms with Crippen LogP contribution in [-0.2, 0) is 6.54 Å². The molecule has 1 aromatic carbocycles. The van der Waals surface area contributed by atoms with Gasteiger partial charge in [-0.2, -0.15) is 5.10 Å². The summed E-state index contributed by atoms with van der Waals surface area (Å²) in [7, 11) is 0. The lowest BCUT2D eigenvalue weighted by molar-refractivity contribution is 0.253. The smallest absolute Gasteiger partial charge is 0.259 e. The molecule has 3 heterocycles. The van der Waals surface area contributed by atoms with Gasteiger partial charge in [0.1, 0.15) is 23.9 Å². The maximum Gasteiger partial charge on any atom is 0.259 e. The van der Waals surface area contributed by atoms with Crippen molar-refractivity contribution >= 4 is 27.6 Å². The number of hydrogen-bond donors (Lipinski definition) is 2. The molecule has 4 rings (SSSR count). The van der Waals surface area contributed by atoms with Gasteiger partial charge in [0, 0.05) is 11.7 Å². The Morgan fingerprint density at radius 2 is 1.97 bits per heavy atom. The van der Waals surface area contributed by atoms with Gasteiger partial charge in [0.2, 0.25) is 0 Å². The standard InChI is InChI=1S/C23H24N6O2/c1-13(2)29-17(10-16-7-5-6-14(3)19(16)23(29)31)11-28-22-20(21(24)25-12-26-22)18(27-28)9-8-15(4)30/h5-7,10,12-13,15,30H,11H2,1-4H3,(H2,24,25,26)/t15-/m1/s1. The van der Waals surface area contributed by atoms with Gasteiger partial charge in [-0.25, -0.2) is 14.6 Å². The lowest BCUT2D eigenvalue weighted by Gasteiger charge is -2.18. The first kappa shape index (κ1) is 20.6. The highest BCUT2D eigenvalue weighted by molar-refractivity contribution is 5.90. The zero-order valence-electron chi connectivity index (χ0n) is 17.9. The minimum absolute atomic E-state index is 0.0275. The summed E-state index contributed by atoms with van der Waals surface area (Å²) in [6.07, 6.45) is 0.571. The Bertz CT molecular complexity index is 1420. The second kappa shape index (κ2) is 7.85. The highest BCUT2D eigenvalue weighted by Gasteiger charge is 2.18. The number of aromatic nitrogens is 5. The summed E-state index contributed by atoms with van der Waals surface area (Å²) >= 11 is 0. The molecule has 0 aliphatic carbocycles. The van der Waals surface area contributed by atoms with Crippen molar-refractivity contribution in [3.63, 3.8) is 0 Å². The van der Waals surface area contributed by atoms with Gasteiger partial charge < -0.3 is 15.4 Å². The predicted molar refractivity (Wildman–Crippen MR) is 121 cm³/mol. The third kappa shape index (κ3) is 3.64. The number of anilines is 1. The molecule has 3 N–H and O–H groups in total. The number of nitrogen functional groups attached to an aromatic ring is 1. The van der Waals surface area contributed by atoms with Crippen LogP contribution in [0.1, 0.15) is 43.8 Å². The average Bonchev–Trinajstić information content (AvgIpc) is 3.05. The SMILES string of the molecule is Cc1cccc2cc(Cn3nc(C#C[C@@H](C)O)c4c(N)ncnc43)n(C(C)C)c(=O)c12. The number of aliphatic hydroxyl groups excluding tert-OH is 1. The number of fused-ring (bicyclic) bond motifs is 2. The molecule has 0 aliphatic rings. The van der Waals surface area contributed by atoms with E-state index in [1.165, 1.54) is 6.33 Å². The molecule has 31 heavy (non-hydrogen) atoms. The zero-order chi connectivity index (χ0) is 22.3. The molecular weight excluding hydrogens is 392 g/mol. The van der Waals surface area contributed by atoms with Crippen LogP contribution in [0.4, 0.5) is 5.82 Å². The quantitative estimate of drug-likeness (QED) is 0.496. The Morgan fingerprint density at radius 1 is 1.19 bits per heavy atom. The average molecular weight is 416 g/mol. The summed E-state index contributed by atoms with van der Waals surface area (Å²) in [5.74, 6) is 5.82. The zero-order valence-corrected chi connectivity index (χ0v) is 17.9. The van der Waals surface area contributed by atoms with Crippen LogP contribution in [-0.4, -0.2) is 35.5 Å². The first-order valence-corrected chi connectivity index (χ1v) is 10.1. The highest BCUT2D eigenvalue weighted by Crippen LogP contribution is 2.23. The third-order valence-electron chi connectivity index (χ3n) is 5.16. The molecule has 0 fully saturated rings. The van der Waals surface area contributed by atoms with E-state index in [1.807, 2.05) is 45.0 Å². The van der Waals surface area contributed by atoms with Gasteiger partial charge in [-0.05, 0) is 50.6 Å². The van der Waals surface area contributed by atoms with Gasteiger partial charge in [-0.1, -0.05) is 24.1 Å². The third-order valence-corrected chi connectivity index (χ3v) is 5.16. The van der Waals surface area contributed by atoms with Crippen LogP contribution in [0.2, 0.25) is 0 Å². The summed E-state index contributed by atoms with van der Waals surface area (Å²) in [6.45, 7) is 7.79. The van der Waals surface area contributed by atoms with Crippen molar-refractivity contribution in [1.29, 1.82) is 0 Å². The molecule has 0 spiro atoms. The summed E-state index contributed by atoms with van der Waals surface area (Å²) in [6, 6.07) is 7.81. The molecule has 8 heteroatoms. The Labute approximate surface area is 179 Å². The van der Waals surface area contributed by atoms with Crippen LogP contribution in [0.5, 0.6) is 0 Å². The Balaban J connectivity index is 1.95. The van der Waals surface area contributed by atoms with E-state index in [2.05, 4.69) is 26.9 Å². The van der Waals surface area contributed by atoms with Gasteiger partial charge in [0.25, 0.3) is 5.56 Å². The molecule has 0 amide bonds. The van der Waals surface area contributed by atoms with Crippen LogP contribution in [0.15, 0.2) is 35.4 Å². The van der Waals surface area contributed by atoms with Crippen molar-refractivity contribution in [2.75, 3.05) is 5.73 Å². The minimum atomic E-state index is -0.805. The van der Waals surface area contributed by atoms with Gasteiger partial charge in [0.15, 0.2) is 5.65 Å². The minimum Gasteiger partial charge on any atom is -0.383 e. The second-order valence-corrected chi connectivity index (χ2v) is 7.85. The van der Waals surface area contributed by atoms with Crippen molar-refractivity contribution in [2.24, 2.45) is 0 Å². The van der Waals surface area contributed by atoms with Crippen LogP contribution in [0.3, 0.4) is 0 Å². The fraction of sp³-hybridized carbons (Fsp3) is 0.304. The predicted octanol–water partition coefficient (Wildman–Crippen LogP) is 2.39. The molecule has 4 aromatic rings. The van der Waals surface area contributed by atoms with Crippen LogP contribution in [0, 0.1) is 18.8 Å². The highest BCUT2D eigenvalue weighted by atomic mass is 16.3. The van der Waals surface area contributed by atoms with E-state index in [1.54, 1.807) is 16.2 Å². The number of aliphatic hydroxyl groups is 1. The van der Waals surface area contributed by atoms with Crippen LogP contribution < -0.4 is 11.3 Å².